The number of rotatable bonds is 6. The van der Waals surface area contributed by atoms with Crippen LogP contribution in [-0.4, -0.2) is 39.4 Å². The molecule has 2 fully saturated rings. The molecular weight excluding hydrogens is 312 g/mol. The van der Waals surface area contributed by atoms with Crippen LogP contribution in [0.3, 0.4) is 0 Å². The molecule has 1 saturated heterocycles. The van der Waals surface area contributed by atoms with Gasteiger partial charge in [0.05, 0.1) is 19.4 Å². The molecule has 0 aromatic carbocycles. The minimum absolute atomic E-state index is 0.346. The van der Waals surface area contributed by atoms with E-state index in [-0.39, 0.29) is 0 Å². The number of hydrogen-bond acceptors (Lipinski definition) is 4. The van der Waals surface area contributed by atoms with Gasteiger partial charge in [-0.2, -0.15) is 5.10 Å². The van der Waals surface area contributed by atoms with E-state index in [9.17, 15) is 0 Å². The van der Waals surface area contributed by atoms with Gasteiger partial charge in [-0.25, -0.2) is 0 Å². The van der Waals surface area contributed by atoms with Gasteiger partial charge in [0.2, 0.25) is 0 Å². The summed E-state index contributed by atoms with van der Waals surface area (Å²) in [5.74, 6) is 0.777. The van der Waals surface area contributed by atoms with E-state index in [1.165, 1.54) is 42.5 Å². The van der Waals surface area contributed by atoms with Gasteiger partial charge >= 0.3 is 0 Å². The van der Waals surface area contributed by atoms with E-state index < -0.39 is 0 Å². The SMILES string of the molecule is Cc1ccncc1COC[C@@]12CCC[C@@H]1CN(Cc1cnn(C)c1)C2. The average Bonchev–Trinajstić information content (AvgIpc) is 3.24. The maximum absolute atomic E-state index is 6.21. The fourth-order valence-corrected chi connectivity index (χ4v) is 4.71. The molecule has 1 aliphatic carbocycles. The van der Waals surface area contributed by atoms with Crippen molar-refractivity contribution in [3.63, 3.8) is 0 Å². The second-order valence-electron chi connectivity index (χ2n) is 7.94. The second-order valence-corrected chi connectivity index (χ2v) is 7.94. The van der Waals surface area contributed by atoms with Crippen molar-refractivity contribution in [2.45, 2.75) is 39.3 Å². The number of nitrogens with zero attached hydrogens (tertiary/aromatic N) is 4. The van der Waals surface area contributed by atoms with Gasteiger partial charge < -0.3 is 4.74 Å². The molecular formula is C20H28N4O. The Bertz CT molecular complexity index is 728. The van der Waals surface area contributed by atoms with Crippen LogP contribution in [0.1, 0.15) is 36.0 Å². The monoisotopic (exact) mass is 340 g/mol. The van der Waals surface area contributed by atoms with Crippen LogP contribution in [0.15, 0.2) is 30.9 Å². The van der Waals surface area contributed by atoms with Crippen LogP contribution in [0, 0.1) is 18.3 Å². The van der Waals surface area contributed by atoms with Crippen molar-refractivity contribution in [1.82, 2.24) is 19.7 Å². The highest BCUT2D eigenvalue weighted by molar-refractivity contribution is 5.20. The third-order valence-electron chi connectivity index (χ3n) is 6.07. The fourth-order valence-electron chi connectivity index (χ4n) is 4.71. The Labute approximate surface area is 150 Å². The van der Waals surface area contributed by atoms with Crippen molar-refractivity contribution >= 4 is 0 Å². The molecule has 0 spiro atoms. The van der Waals surface area contributed by atoms with Gasteiger partial charge in [-0.1, -0.05) is 6.42 Å². The number of likely N-dealkylation sites (tertiary alicyclic amines) is 1. The Morgan fingerprint density at radius 3 is 3.08 bits per heavy atom. The van der Waals surface area contributed by atoms with E-state index in [4.69, 9.17) is 4.74 Å². The van der Waals surface area contributed by atoms with Crippen molar-refractivity contribution in [3.8, 4) is 0 Å². The predicted molar refractivity (Wildman–Crippen MR) is 96.9 cm³/mol. The maximum atomic E-state index is 6.21. The summed E-state index contributed by atoms with van der Waals surface area (Å²) in [6.07, 6.45) is 11.9. The predicted octanol–water partition coefficient (Wildman–Crippen LogP) is 2.94. The highest BCUT2D eigenvalue weighted by Crippen LogP contribution is 2.49. The van der Waals surface area contributed by atoms with Crippen LogP contribution < -0.4 is 0 Å². The summed E-state index contributed by atoms with van der Waals surface area (Å²) >= 11 is 0. The lowest BCUT2D eigenvalue weighted by Gasteiger charge is -2.29. The Hall–Kier alpha value is -1.72. The van der Waals surface area contributed by atoms with Gasteiger partial charge in [0.15, 0.2) is 0 Å². The van der Waals surface area contributed by atoms with Crippen LogP contribution in [-0.2, 0) is 24.9 Å². The van der Waals surface area contributed by atoms with E-state index >= 15 is 0 Å². The summed E-state index contributed by atoms with van der Waals surface area (Å²) in [6.45, 7) is 7.03. The summed E-state index contributed by atoms with van der Waals surface area (Å²) < 4.78 is 8.10. The van der Waals surface area contributed by atoms with E-state index in [1.54, 1.807) is 0 Å². The Balaban J connectivity index is 1.37. The molecule has 2 aromatic heterocycles. The van der Waals surface area contributed by atoms with E-state index in [1.807, 2.05) is 30.3 Å². The molecule has 5 nitrogen and oxygen atoms in total. The molecule has 134 valence electrons. The maximum Gasteiger partial charge on any atom is 0.0734 e. The zero-order chi connectivity index (χ0) is 17.3. The first kappa shape index (κ1) is 16.7. The summed E-state index contributed by atoms with van der Waals surface area (Å²) in [4.78, 5) is 6.82. The summed E-state index contributed by atoms with van der Waals surface area (Å²) in [6, 6.07) is 2.06. The van der Waals surface area contributed by atoms with Crippen LogP contribution in [0.5, 0.6) is 0 Å². The molecule has 2 aromatic rings. The summed E-state index contributed by atoms with van der Waals surface area (Å²) in [5, 5.41) is 4.30. The van der Waals surface area contributed by atoms with Gasteiger partial charge in [-0.05, 0) is 42.9 Å². The van der Waals surface area contributed by atoms with Gasteiger partial charge in [0, 0.05) is 56.3 Å². The number of pyridine rings is 1. The number of aryl methyl sites for hydroxylation is 2. The minimum Gasteiger partial charge on any atom is -0.376 e. The van der Waals surface area contributed by atoms with Crippen molar-refractivity contribution in [2.75, 3.05) is 19.7 Å². The lowest BCUT2D eigenvalue weighted by atomic mass is 9.81. The number of ether oxygens (including phenoxy) is 1. The standard InChI is InChI=1S/C20H28N4O/c1-16-5-7-21-9-18(16)13-25-15-20-6-3-4-19(20)12-24(14-20)11-17-8-22-23(2)10-17/h5,7-10,19H,3-4,6,11-15H2,1-2H3/t19-,20+/m1/s1. The van der Waals surface area contributed by atoms with E-state index in [0.717, 1.165) is 25.6 Å². The van der Waals surface area contributed by atoms with Crippen LogP contribution in [0.25, 0.3) is 0 Å². The first-order valence-corrected chi connectivity index (χ1v) is 9.32. The zero-order valence-electron chi connectivity index (χ0n) is 15.3. The fraction of sp³-hybridized carbons (Fsp3) is 0.600. The van der Waals surface area contributed by atoms with Crippen LogP contribution >= 0.6 is 0 Å². The molecule has 2 atom stereocenters. The van der Waals surface area contributed by atoms with Crippen molar-refractivity contribution in [1.29, 1.82) is 0 Å². The molecule has 4 rings (SSSR count). The van der Waals surface area contributed by atoms with Gasteiger partial charge in [-0.3, -0.25) is 14.6 Å². The summed E-state index contributed by atoms with van der Waals surface area (Å²) in [5.41, 5.74) is 4.13. The quantitative estimate of drug-likeness (QED) is 0.811. The lowest BCUT2D eigenvalue weighted by Crippen LogP contribution is -2.32. The van der Waals surface area contributed by atoms with Crippen molar-refractivity contribution in [3.05, 3.63) is 47.5 Å². The molecule has 2 aliphatic rings. The van der Waals surface area contributed by atoms with Crippen molar-refractivity contribution in [2.24, 2.45) is 18.4 Å². The van der Waals surface area contributed by atoms with Gasteiger partial charge in [0.25, 0.3) is 0 Å². The molecule has 0 N–H and O–H groups in total. The highest BCUT2D eigenvalue weighted by atomic mass is 16.5. The van der Waals surface area contributed by atoms with Gasteiger partial charge in [-0.15, -0.1) is 0 Å². The first-order chi connectivity index (χ1) is 12.1. The molecule has 0 bridgehead atoms. The molecule has 0 unspecified atom stereocenters. The molecule has 1 aliphatic heterocycles. The smallest absolute Gasteiger partial charge is 0.0734 e. The average molecular weight is 340 g/mol. The molecule has 0 amide bonds. The Morgan fingerprint density at radius 2 is 2.28 bits per heavy atom. The molecule has 1 saturated carbocycles. The normalized spacial score (nSPS) is 26.2. The zero-order valence-corrected chi connectivity index (χ0v) is 15.3. The molecule has 3 heterocycles. The topological polar surface area (TPSA) is 43.2 Å². The number of fused-ring (bicyclic) bond motifs is 1. The third-order valence-corrected chi connectivity index (χ3v) is 6.07. The lowest BCUT2D eigenvalue weighted by molar-refractivity contribution is 0.0263. The van der Waals surface area contributed by atoms with E-state index in [0.29, 0.717) is 12.0 Å². The first-order valence-electron chi connectivity index (χ1n) is 9.32. The second kappa shape index (κ2) is 6.89. The molecule has 0 radical (unpaired) electrons. The summed E-state index contributed by atoms with van der Waals surface area (Å²) in [7, 11) is 1.98. The van der Waals surface area contributed by atoms with Crippen LogP contribution in [0.2, 0.25) is 0 Å². The Morgan fingerprint density at radius 1 is 1.36 bits per heavy atom. The van der Waals surface area contributed by atoms with Crippen molar-refractivity contribution < 1.29 is 4.74 Å². The third kappa shape index (κ3) is 3.48. The minimum atomic E-state index is 0.346. The molecule has 5 heteroatoms. The van der Waals surface area contributed by atoms with Crippen LogP contribution in [0.4, 0.5) is 0 Å². The number of hydrogen-bond donors (Lipinski definition) is 0. The van der Waals surface area contributed by atoms with Gasteiger partial charge in [0.1, 0.15) is 0 Å². The number of aromatic nitrogens is 3. The highest BCUT2D eigenvalue weighted by Gasteiger charge is 2.49. The Kier molecular flexibility index (Phi) is 4.61. The van der Waals surface area contributed by atoms with E-state index in [2.05, 4.69) is 34.2 Å². The largest absolute Gasteiger partial charge is 0.376 e. The molecule has 25 heavy (non-hydrogen) atoms.